The Hall–Kier alpha value is -2.79. The molecule has 2 aromatic heterocycles. The van der Waals surface area contributed by atoms with Gasteiger partial charge in [0.25, 0.3) is 0 Å². The van der Waals surface area contributed by atoms with E-state index in [-0.39, 0.29) is 0 Å². The molecule has 160 valence electrons. The Morgan fingerprint density at radius 3 is 2.37 bits per heavy atom. The molecule has 5 nitrogen and oxygen atoms in total. The number of hydrogen-bond acceptors (Lipinski definition) is 4. The molecule has 0 unspecified atom stereocenters. The van der Waals surface area contributed by atoms with Crippen molar-refractivity contribution < 1.29 is 0 Å². The lowest BCUT2D eigenvalue weighted by molar-refractivity contribution is 0.271. The van der Waals surface area contributed by atoms with Crippen LogP contribution in [0.3, 0.4) is 0 Å². The second kappa shape index (κ2) is 10.3. The molecule has 0 spiro atoms. The summed E-state index contributed by atoms with van der Waals surface area (Å²) in [5.74, 6) is 0. The van der Waals surface area contributed by atoms with Gasteiger partial charge in [0.2, 0.25) is 0 Å². The van der Waals surface area contributed by atoms with Crippen LogP contribution in [-0.4, -0.2) is 54.2 Å². The molecule has 3 heterocycles. The van der Waals surface area contributed by atoms with E-state index in [1.807, 2.05) is 27.1 Å². The third kappa shape index (κ3) is 4.68. The summed E-state index contributed by atoms with van der Waals surface area (Å²) < 4.78 is 2.24. The van der Waals surface area contributed by atoms with Gasteiger partial charge in [-0.1, -0.05) is 51.6 Å². The van der Waals surface area contributed by atoms with Gasteiger partial charge in [-0.2, -0.15) is 0 Å². The number of rotatable bonds is 6. The minimum Gasteiger partial charge on any atom is -0.388 e. The molecule has 1 fully saturated rings. The first-order chi connectivity index (χ1) is 14.7. The summed E-state index contributed by atoms with van der Waals surface area (Å²) in [5.41, 5.74) is 5.68. The van der Waals surface area contributed by atoms with Crippen molar-refractivity contribution in [3.05, 3.63) is 66.5 Å². The molecule has 1 saturated heterocycles. The third-order valence-corrected chi connectivity index (χ3v) is 5.76. The Morgan fingerprint density at radius 2 is 1.73 bits per heavy atom. The van der Waals surface area contributed by atoms with Crippen molar-refractivity contribution in [3.8, 4) is 0 Å². The summed E-state index contributed by atoms with van der Waals surface area (Å²) in [6.07, 6.45) is 4.10. The first-order valence-corrected chi connectivity index (χ1v) is 11.1. The first kappa shape index (κ1) is 21.9. The first-order valence-electron chi connectivity index (χ1n) is 11.1. The predicted octanol–water partition coefficient (Wildman–Crippen LogP) is 4.44. The number of fused-ring (bicyclic) bond motifs is 1. The minimum absolute atomic E-state index is 0.815. The highest BCUT2D eigenvalue weighted by Crippen LogP contribution is 2.27. The average molecular weight is 406 g/mol. The van der Waals surface area contributed by atoms with Gasteiger partial charge in [0.05, 0.1) is 0 Å². The van der Waals surface area contributed by atoms with Crippen molar-refractivity contribution >= 4 is 22.4 Å². The summed E-state index contributed by atoms with van der Waals surface area (Å²) >= 11 is 0. The van der Waals surface area contributed by atoms with Crippen molar-refractivity contribution in [1.82, 2.24) is 19.8 Å². The average Bonchev–Trinajstić information content (AvgIpc) is 3.23. The Morgan fingerprint density at radius 1 is 1.03 bits per heavy atom. The van der Waals surface area contributed by atoms with Crippen LogP contribution in [0.4, 0.5) is 5.69 Å². The molecule has 30 heavy (non-hydrogen) atoms. The molecule has 0 aliphatic carbocycles. The molecule has 0 radical (unpaired) electrons. The summed E-state index contributed by atoms with van der Waals surface area (Å²) in [7, 11) is 1.90. The lowest BCUT2D eigenvalue weighted by Gasteiger charge is -2.35. The van der Waals surface area contributed by atoms with Crippen molar-refractivity contribution in [2.24, 2.45) is 0 Å². The molecule has 0 bridgehead atoms. The molecule has 4 rings (SSSR count). The van der Waals surface area contributed by atoms with E-state index in [9.17, 15) is 0 Å². The number of hydrogen-bond donors (Lipinski definition) is 1. The Kier molecular flexibility index (Phi) is 7.52. The van der Waals surface area contributed by atoms with Gasteiger partial charge in [-0.3, -0.25) is 0 Å². The molecule has 1 aromatic carbocycles. The minimum atomic E-state index is 0.815. The fourth-order valence-electron chi connectivity index (χ4n) is 3.94. The van der Waals surface area contributed by atoms with Crippen molar-refractivity contribution in [3.63, 3.8) is 0 Å². The maximum atomic E-state index is 4.68. The zero-order valence-electron chi connectivity index (χ0n) is 18.9. The standard InChI is InChI=1S/C23H29N5.C2H6/c1-4-26-13-15-27(16-14-26)22-9-11-25-23-21(22)10-12-28(23)17-19-5-7-20(8-6-19)18(2)24-3;1-2/h5-12,24H,2,4,13-17H2,1,3H3;1-2H3. The van der Waals surface area contributed by atoms with Crippen LogP contribution in [0.5, 0.6) is 0 Å². The number of anilines is 1. The van der Waals surface area contributed by atoms with Crippen LogP contribution < -0.4 is 10.2 Å². The molecule has 0 saturated carbocycles. The summed E-state index contributed by atoms with van der Waals surface area (Å²) in [6.45, 7) is 16.6. The molecule has 0 atom stereocenters. The number of nitrogens with one attached hydrogen (secondary N) is 1. The summed E-state index contributed by atoms with van der Waals surface area (Å²) in [4.78, 5) is 9.69. The van der Waals surface area contributed by atoms with E-state index in [1.165, 1.54) is 16.6 Å². The van der Waals surface area contributed by atoms with Crippen LogP contribution in [0.15, 0.2) is 55.4 Å². The van der Waals surface area contributed by atoms with Crippen LogP contribution in [0.1, 0.15) is 31.9 Å². The highest BCUT2D eigenvalue weighted by atomic mass is 15.3. The number of aromatic nitrogens is 2. The van der Waals surface area contributed by atoms with Gasteiger partial charge in [0, 0.05) is 68.9 Å². The van der Waals surface area contributed by atoms with E-state index in [4.69, 9.17) is 0 Å². The Labute approximate surface area is 181 Å². The molecule has 1 N–H and O–H groups in total. The summed E-state index contributed by atoms with van der Waals surface area (Å²) in [5, 5.41) is 4.34. The second-order valence-electron chi connectivity index (χ2n) is 7.36. The fourth-order valence-corrected chi connectivity index (χ4v) is 3.94. The van der Waals surface area contributed by atoms with Crippen LogP contribution in [-0.2, 0) is 6.54 Å². The number of likely N-dealkylation sites (N-methyl/N-ethyl adjacent to an activating group) is 1. The van der Waals surface area contributed by atoms with Gasteiger partial charge < -0.3 is 19.7 Å². The van der Waals surface area contributed by atoms with Gasteiger partial charge in [-0.05, 0) is 29.8 Å². The highest BCUT2D eigenvalue weighted by Gasteiger charge is 2.18. The van der Waals surface area contributed by atoms with Gasteiger partial charge in [-0.15, -0.1) is 0 Å². The van der Waals surface area contributed by atoms with E-state index in [1.54, 1.807) is 0 Å². The zero-order chi connectivity index (χ0) is 21.5. The molecule has 3 aromatic rings. The van der Waals surface area contributed by atoms with Crippen molar-refractivity contribution in [1.29, 1.82) is 0 Å². The Balaban J connectivity index is 0.00000124. The van der Waals surface area contributed by atoms with Crippen LogP contribution in [0, 0.1) is 0 Å². The van der Waals surface area contributed by atoms with Gasteiger partial charge in [-0.25, -0.2) is 4.98 Å². The summed E-state index contributed by atoms with van der Waals surface area (Å²) in [6, 6.07) is 12.9. The van der Waals surface area contributed by atoms with Crippen LogP contribution >= 0.6 is 0 Å². The number of nitrogens with zero attached hydrogens (tertiary/aromatic N) is 4. The molecule has 5 heteroatoms. The van der Waals surface area contributed by atoms with Gasteiger partial charge in [0.15, 0.2) is 0 Å². The van der Waals surface area contributed by atoms with Crippen LogP contribution in [0.2, 0.25) is 0 Å². The lowest BCUT2D eigenvalue weighted by Crippen LogP contribution is -2.46. The van der Waals surface area contributed by atoms with Crippen LogP contribution in [0.25, 0.3) is 16.7 Å². The molecule has 0 amide bonds. The van der Waals surface area contributed by atoms with Gasteiger partial charge >= 0.3 is 0 Å². The smallest absolute Gasteiger partial charge is 0.142 e. The number of benzene rings is 1. The number of piperazine rings is 1. The molecular weight excluding hydrogens is 370 g/mol. The predicted molar refractivity (Wildman–Crippen MR) is 129 cm³/mol. The van der Waals surface area contributed by atoms with E-state index in [0.29, 0.717) is 0 Å². The zero-order valence-corrected chi connectivity index (χ0v) is 18.9. The SMILES string of the molecule is C=C(NC)c1ccc(Cn2ccc3c(N4CCN(CC)CC4)ccnc32)cc1.CC. The lowest BCUT2D eigenvalue weighted by atomic mass is 10.1. The van der Waals surface area contributed by atoms with Gasteiger partial charge in [0.1, 0.15) is 5.65 Å². The number of pyridine rings is 1. The van der Waals surface area contributed by atoms with E-state index < -0.39 is 0 Å². The maximum absolute atomic E-state index is 4.68. The maximum Gasteiger partial charge on any atom is 0.142 e. The topological polar surface area (TPSA) is 36.3 Å². The third-order valence-electron chi connectivity index (χ3n) is 5.76. The normalized spacial score (nSPS) is 14.3. The second-order valence-corrected chi connectivity index (χ2v) is 7.36. The van der Waals surface area contributed by atoms with E-state index in [2.05, 4.69) is 80.8 Å². The highest BCUT2D eigenvalue weighted by molar-refractivity contribution is 5.90. The molecular formula is C25H35N5. The largest absolute Gasteiger partial charge is 0.388 e. The van der Waals surface area contributed by atoms with E-state index in [0.717, 1.165) is 56.2 Å². The van der Waals surface area contributed by atoms with Crippen molar-refractivity contribution in [2.45, 2.75) is 27.3 Å². The van der Waals surface area contributed by atoms with Crippen molar-refractivity contribution in [2.75, 3.05) is 44.7 Å². The fraction of sp³-hybridized carbons (Fsp3) is 0.400. The molecule has 1 aliphatic heterocycles. The quantitative estimate of drug-likeness (QED) is 0.658. The Bertz CT molecular complexity index is 949. The molecule has 1 aliphatic rings. The monoisotopic (exact) mass is 405 g/mol. The van der Waals surface area contributed by atoms with E-state index >= 15 is 0 Å².